The number of halogens is 1. The van der Waals surface area contributed by atoms with Gasteiger partial charge < -0.3 is 9.47 Å². The maximum Gasteiger partial charge on any atom is 0.347 e. The predicted molar refractivity (Wildman–Crippen MR) is 81.3 cm³/mol. The molecule has 0 saturated carbocycles. The van der Waals surface area contributed by atoms with Crippen LogP contribution < -0.4 is 9.47 Å². The molecule has 2 aromatic rings. The third-order valence-electron chi connectivity index (χ3n) is 2.59. The van der Waals surface area contributed by atoms with Crippen molar-refractivity contribution < 1.29 is 14.3 Å². The van der Waals surface area contributed by atoms with E-state index in [1.54, 1.807) is 30.3 Å². The second-order valence-corrected chi connectivity index (χ2v) is 5.10. The fourth-order valence-corrected chi connectivity index (χ4v) is 1.90. The lowest BCUT2D eigenvalue weighted by Crippen LogP contribution is -2.11. The molecule has 0 aromatic heterocycles. The van der Waals surface area contributed by atoms with Gasteiger partial charge in [-0.3, -0.25) is 0 Å². The number of hydrogen-bond acceptors (Lipinski definition) is 3. The lowest BCUT2D eigenvalue weighted by molar-refractivity contribution is 0.0730. The third kappa shape index (κ3) is 3.84. The average Bonchev–Trinajstić information content (AvgIpc) is 2.47. The minimum absolute atomic E-state index is 0.418. The highest BCUT2D eigenvalue weighted by molar-refractivity contribution is 9.10. The summed E-state index contributed by atoms with van der Waals surface area (Å²) in [6.07, 6.45) is 0.885. The van der Waals surface area contributed by atoms with Gasteiger partial charge in [-0.1, -0.05) is 35.0 Å². The van der Waals surface area contributed by atoms with Crippen molar-refractivity contribution in [2.24, 2.45) is 0 Å². The molecule has 0 aliphatic rings. The highest BCUT2D eigenvalue weighted by atomic mass is 79.9. The number of ether oxygens (including phenoxy) is 2. The van der Waals surface area contributed by atoms with Gasteiger partial charge in [0.25, 0.3) is 0 Å². The first kappa shape index (κ1) is 14.6. The van der Waals surface area contributed by atoms with Crippen molar-refractivity contribution in [3.8, 4) is 11.5 Å². The number of carbonyl (C=O) groups excluding carboxylic acids is 1. The fourth-order valence-electron chi connectivity index (χ4n) is 1.64. The van der Waals surface area contributed by atoms with Crippen LogP contribution in [0.3, 0.4) is 0 Å². The van der Waals surface area contributed by atoms with Crippen LogP contribution in [-0.4, -0.2) is 12.6 Å². The molecule has 0 bridgehead atoms. The standard InChI is InChI=1S/C16H15BrO3/c1-2-11-19-15-6-4-3-5-14(15)16(18)20-13-9-7-12(17)8-10-13/h3-10H,2,11H2,1H3. The Bertz CT molecular complexity index is 579. The smallest absolute Gasteiger partial charge is 0.347 e. The lowest BCUT2D eigenvalue weighted by Gasteiger charge is -2.10. The summed E-state index contributed by atoms with van der Waals surface area (Å²) < 4.78 is 11.8. The lowest BCUT2D eigenvalue weighted by atomic mass is 10.2. The van der Waals surface area contributed by atoms with Crippen LogP contribution in [0.2, 0.25) is 0 Å². The van der Waals surface area contributed by atoms with Crippen molar-refractivity contribution in [2.45, 2.75) is 13.3 Å². The van der Waals surface area contributed by atoms with Gasteiger partial charge in [-0.05, 0) is 42.8 Å². The Morgan fingerprint density at radius 1 is 1.10 bits per heavy atom. The summed E-state index contributed by atoms with van der Waals surface area (Å²) >= 11 is 3.34. The van der Waals surface area contributed by atoms with Gasteiger partial charge in [0.05, 0.1) is 6.61 Å². The number of hydrogen-bond donors (Lipinski definition) is 0. The summed E-state index contributed by atoms with van der Waals surface area (Å²) in [5.74, 6) is 0.638. The van der Waals surface area contributed by atoms with E-state index in [2.05, 4.69) is 15.9 Å². The molecule has 0 heterocycles. The van der Waals surface area contributed by atoms with Crippen molar-refractivity contribution in [3.63, 3.8) is 0 Å². The van der Waals surface area contributed by atoms with E-state index in [0.29, 0.717) is 23.7 Å². The first-order valence-corrected chi connectivity index (χ1v) is 7.19. The zero-order chi connectivity index (χ0) is 14.4. The van der Waals surface area contributed by atoms with Gasteiger partial charge >= 0.3 is 5.97 Å². The van der Waals surface area contributed by atoms with Crippen molar-refractivity contribution >= 4 is 21.9 Å². The highest BCUT2D eigenvalue weighted by Crippen LogP contribution is 2.22. The quantitative estimate of drug-likeness (QED) is 0.598. The van der Waals surface area contributed by atoms with Crippen LogP contribution in [0.1, 0.15) is 23.7 Å². The van der Waals surface area contributed by atoms with Gasteiger partial charge in [0, 0.05) is 4.47 Å². The normalized spacial score (nSPS) is 10.1. The van der Waals surface area contributed by atoms with E-state index in [1.165, 1.54) is 0 Å². The van der Waals surface area contributed by atoms with E-state index in [-0.39, 0.29) is 0 Å². The van der Waals surface area contributed by atoms with E-state index in [1.807, 2.05) is 25.1 Å². The molecule has 2 rings (SSSR count). The summed E-state index contributed by atoms with van der Waals surface area (Å²) in [5, 5.41) is 0. The van der Waals surface area contributed by atoms with Gasteiger partial charge in [-0.25, -0.2) is 4.79 Å². The zero-order valence-electron chi connectivity index (χ0n) is 11.1. The second kappa shape index (κ2) is 7.10. The topological polar surface area (TPSA) is 35.5 Å². The second-order valence-electron chi connectivity index (χ2n) is 4.19. The van der Waals surface area contributed by atoms with Crippen molar-refractivity contribution in [2.75, 3.05) is 6.61 Å². The van der Waals surface area contributed by atoms with Crippen LogP contribution in [-0.2, 0) is 0 Å². The minimum Gasteiger partial charge on any atom is -0.493 e. The van der Waals surface area contributed by atoms with Crippen molar-refractivity contribution in [1.82, 2.24) is 0 Å². The van der Waals surface area contributed by atoms with Crippen LogP contribution in [0.4, 0.5) is 0 Å². The molecule has 0 unspecified atom stereocenters. The summed E-state index contributed by atoms with van der Waals surface area (Å²) in [4.78, 5) is 12.2. The monoisotopic (exact) mass is 334 g/mol. The summed E-state index contributed by atoms with van der Waals surface area (Å²) in [6.45, 7) is 2.59. The van der Waals surface area contributed by atoms with E-state index < -0.39 is 5.97 Å². The molecule has 0 radical (unpaired) electrons. The van der Waals surface area contributed by atoms with Gasteiger partial charge in [-0.15, -0.1) is 0 Å². The molecule has 0 spiro atoms. The molecule has 0 aliphatic heterocycles. The average molecular weight is 335 g/mol. The molecule has 3 nitrogen and oxygen atoms in total. The van der Waals surface area contributed by atoms with E-state index >= 15 is 0 Å². The highest BCUT2D eigenvalue weighted by Gasteiger charge is 2.14. The Kier molecular flexibility index (Phi) is 5.18. The summed E-state index contributed by atoms with van der Waals surface area (Å²) in [6, 6.07) is 14.2. The molecule has 0 aliphatic carbocycles. The Morgan fingerprint density at radius 2 is 1.80 bits per heavy atom. The Balaban J connectivity index is 2.14. The number of benzene rings is 2. The van der Waals surface area contributed by atoms with Gasteiger partial charge in [0.2, 0.25) is 0 Å². The van der Waals surface area contributed by atoms with Crippen LogP contribution in [0, 0.1) is 0 Å². The first-order valence-electron chi connectivity index (χ1n) is 6.40. The molecule has 0 saturated heterocycles. The number of esters is 1. The maximum atomic E-state index is 12.2. The SMILES string of the molecule is CCCOc1ccccc1C(=O)Oc1ccc(Br)cc1. The predicted octanol–water partition coefficient (Wildman–Crippen LogP) is 4.46. The van der Waals surface area contributed by atoms with Gasteiger partial charge in [0.1, 0.15) is 17.1 Å². The van der Waals surface area contributed by atoms with E-state index in [0.717, 1.165) is 10.9 Å². The Labute approximate surface area is 126 Å². The van der Waals surface area contributed by atoms with Crippen LogP contribution >= 0.6 is 15.9 Å². The van der Waals surface area contributed by atoms with E-state index in [4.69, 9.17) is 9.47 Å². The number of rotatable bonds is 5. The molecule has 104 valence electrons. The largest absolute Gasteiger partial charge is 0.493 e. The maximum absolute atomic E-state index is 12.2. The zero-order valence-corrected chi connectivity index (χ0v) is 12.7. The van der Waals surface area contributed by atoms with Crippen LogP contribution in [0.5, 0.6) is 11.5 Å². The Morgan fingerprint density at radius 3 is 2.50 bits per heavy atom. The van der Waals surface area contributed by atoms with Crippen LogP contribution in [0.25, 0.3) is 0 Å². The molecule has 20 heavy (non-hydrogen) atoms. The van der Waals surface area contributed by atoms with Gasteiger partial charge in [0.15, 0.2) is 0 Å². The minimum atomic E-state index is -0.418. The molecule has 0 amide bonds. The summed E-state index contributed by atoms with van der Waals surface area (Å²) in [5.41, 5.74) is 0.434. The van der Waals surface area contributed by atoms with Gasteiger partial charge in [-0.2, -0.15) is 0 Å². The molecule has 0 N–H and O–H groups in total. The van der Waals surface area contributed by atoms with E-state index in [9.17, 15) is 4.79 Å². The van der Waals surface area contributed by atoms with Crippen LogP contribution in [0.15, 0.2) is 53.0 Å². The van der Waals surface area contributed by atoms with Crippen molar-refractivity contribution in [1.29, 1.82) is 0 Å². The molecule has 2 aromatic carbocycles. The molecule has 4 heteroatoms. The molecular formula is C16H15BrO3. The third-order valence-corrected chi connectivity index (χ3v) is 3.12. The number of para-hydroxylation sites is 1. The summed E-state index contributed by atoms with van der Waals surface area (Å²) in [7, 11) is 0. The fraction of sp³-hybridized carbons (Fsp3) is 0.188. The molecular weight excluding hydrogens is 320 g/mol. The molecule has 0 atom stereocenters. The Hall–Kier alpha value is -1.81. The molecule has 0 fully saturated rings. The number of carbonyl (C=O) groups is 1. The van der Waals surface area contributed by atoms with Crippen molar-refractivity contribution in [3.05, 3.63) is 58.6 Å². The first-order chi connectivity index (χ1) is 9.70.